The van der Waals surface area contributed by atoms with Crippen molar-refractivity contribution in [2.45, 2.75) is 82.8 Å². The number of carbonyl (C=O) groups is 2. The Labute approximate surface area is 244 Å². The predicted molar refractivity (Wildman–Crippen MR) is 163 cm³/mol. The van der Waals surface area contributed by atoms with Crippen molar-refractivity contribution in [2.75, 3.05) is 10.8 Å². The number of hydrogen-bond donors (Lipinski definition) is 1. The normalized spacial score (nSPS) is 14.7. The first-order chi connectivity index (χ1) is 19.7. The molecule has 8 heteroatoms. The first-order valence-electron chi connectivity index (χ1n) is 14.5. The third kappa shape index (κ3) is 7.55. The Morgan fingerprint density at radius 1 is 0.878 bits per heavy atom. The lowest BCUT2D eigenvalue weighted by Crippen LogP contribution is -2.54. The lowest BCUT2D eigenvalue weighted by atomic mass is 9.95. The van der Waals surface area contributed by atoms with Crippen LogP contribution in [0.3, 0.4) is 0 Å². The molecule has 1 atom stereocenters. The van der Waals surface area contributed by atoms with Gasteiger partial charge in [-0.3, -0.25) is 13.9 Å². The molecule has 1 saturated carbocycles. The minimum absolute atomic E-state index is 0.0997. The number of nitrogens with zero attached hydrogens (tertiary/aromatic N) is 2. The summed E-state index contributed by atoms with van der Waals surface area (Å²) in [6.45, 7) is 5.53. The Bertz CT molecular complexity index is 1420. The molecule has 1 fully saturated rings. The number of rotatable bonds is 11. The molecule has 2 amide bonds. The molecule has 0 saturated heterocycles. The fourth-order valence-electron chi connectivity index (χ4n) is 5.37. The zero-order valence-corrected chi connectivity index (χ0v) is 25.1. The molecule has 3 aromatic rings. The molecule has 3 aromatic carbocycles. The summed E-state index contributed by atoms with van der Waals surface area (Å²) in [7, 11) is -4.08. The van der Waals surface area contributed by atoms with Crippen molar-refractivity contribution >= 4 is 27.5 Å². The van der Waals surface area contributed by atoms with Crippen LogP contribution in [-0.4, -0.2) is 43.8 Å². The Hall–Kier alpha value is -3.65. The number of benzene rings is 3. The Morgan fingerprint density at radius 3 is 2.12 bits per heavy atom. The largest absolute Gasteiger partial charge is 0.352 e. The molecule has 0 aliphatic heterocycles. The smallest absolute Gasteiger partial charge is 0.264 e. The standard InChI is InChI=1S/C33H41N3O4S/c1-4-31(33(38)34-28-16-10-6-11-17-28)35(23-27-14-8-5-9-15-27)32(37)24-36(29-21-20-25(2)26(3)22-29)41(39,40)30-18-12-7-13-19-30/h5,7-9,12-15,18-22,28,31H,4,6,10-11,16-17,23-24H2,1-3H3,(H,34,38)/t31-/m1/s1. The van der Waals surface area contributed by atoms with E-state index in [1.54, 1.807) is 35.2 Å². The Kier molecular flexibility index (Phi) is 10.2. The van der Waals surface area contributed by atoms with E-state index in [9.17, 15) is 18.0 Å². The average Bonchev–Trinajstić information content (AvgIpc) is 2.98. The van der Waals surface area contributed by atoms with Gasteiger partial charge in [0.1, 0.15) is 12.6 Å². The fraction of sp³-hybridized carbons (Fsp3) is 0.394. The van der Waals surface area contributed by atoms with Crippen molar-refractivity contribution in [3.05, 3.63) is 95.6 Å². The number of amides is 2. The van der Waals surface area contributed by atoms with Crippen LogP contribution in [0.4, 0.5) is 5.69 Å². The van der Waals surface area contributed by atoms with Crippen LogP contribution < -0.4 is 9.62 Å². The van der Waals surface area contributed by atoms with Crippen LogP contribution in [0.2, 0.25) is 0 Å². The summed E-state index contributed by atoms with van der Waals surface area (Å²) in [5.74, 6) is -0.621. The van der Waals surface area contributed by atoms with Crippen LogP contribution in [0.15, 0.2) is 83.8 Å². The molecule has 0 aromatic heterocycles. The molecule has 1 aliphatic carbocycles. The quantitative estimate of drug-likeness (QED) is 0.315. The van der Waals surface area contributed by atoms with E-state index in [0.29, 0.717) is 12.1 Å². The number of sulfonamides is 1. The van der Waals surface area contributed by atoms with Crippen LogP contribution in [-0.2, 0) is 26.2 Å². The lowest BCUT2D eigenvalue weighted by Gasteiger charge is -2.34. The van der Waals surface area contributed by atoms with E-state index in [2.05, 4.69) is 5.32 Å². The highest BCUT2D eigenvalue weighted by atomic mass is 32.2. The first kappa shape index (κ1) is 30.3. The van der Waals surface area contributed by atoms with Gasteiger partial charge in [-0.05, 0) is 74.1 Å². The predicted octanol–water partition coefficient (Wildman–Crippen LogP) is 5.76. The van der Waals surface area contributed by atoms with Crippen molar-refractivity contribution in [3.63, 3.8) is 0 Å². The van der Waals surface area contributed by atoms with Gasteiger partial charge in [0.25, 0.3) is 10.0 Å². The number of nitrogens with one attached hydrogen (secondary N) is 1. The Morgan fingerprint density at radius 2 is 1.51 bits per heavy atom. The Balaban J connectivity index is 1.70. The number of carbonyl (C=O) groups excluding carboxylic acids is 2. The molecule has 218 valence electrons. The summed E-state index contributed by atoms with van der Waals surface area (Å²) >= 11 is 0. The van der Waals surface area contributed by atoms with E-state index >= 15 is 0 Å². The zero-order chi connectivity index (χ0) is 29.4. The second-order valence-electron chi connectivity index (χ2n) is 10.9. The third-order valence-corrected chi connectivity index (χ3v) is 9.71. The molecule has 0 spiro atoms. The topological polar surface area (TPSA) is 86.8 Å². The molecular weight excluding hydrogens is 534 g/mol. The average molecular weight is 576 g/mol. The van der Waals surface area contributed by atoms with Gasteiger partial charge in [-0.1, -0.05) is 80.8 Å². The monoisotopic (exact) mass is 575 g/mol. The summed E-state index contributed by atoms with van der Waals surface area (Å²) in [5, 5.41) is 3.18. The molecule has 0 radical (unpaired) electrons. The van der Waals surface area contributed by atoms with Crippen LogP contribution >= 0.6 is 0 Å². The molecular formula is C33H41N3O4S. The first-order valence-corrected chi connectivity index (χ1v) is 15.9. The van der Waals surface area contributed by atoms with E-state index in [4.69, 9.17) is 0 Å². The van der Waals surface area contributed by atoms with Crippen molar-refractivity contribution < 1.29 is 18.0 Å². The molecule has 4 rings (SSSR count). The van der Waals surface area contributed by atoms with Gasteiger partial charge in [0.2, 0.25) is 11.8 Å². The van der Waals surface area contributed by atoms with E-state index < -0.39 is 28.5 Å². The summed E-state index contributed by atoms with van der Waals surface area (Å²) in [4.78, 5) is 29.4. The highest BCUT2D eigenvalue weighted by Crippen LogP contribution is 2.27. The maximum Gasteiger partial charge on any atom is 0.264 e. The van der Waals surface area contributed by atoms with E-state index in [1.807, 2.05) is 57.2 Å². The van der Waals surface area contributed by atoms with Gasteiger partial charge in [0.15, 0.2) is 0 Å². The van der Waals surface area contributed by atoms with Crippen LogP contribution in [0.5, 0.6) is 0 Å². The number of aryl methyl sites for hydroxylation is 2. The molecule has 1 N–H and O–H groups in total. The maximum absolute atomic E-state index is 14.2. The van der Waals surface area contributed by atoms with Crippen LogP contribution in [0.1, 0.15) is 62.1 Å². The summed E-state index contributed by atoms with van der Waals surface area (Å²) in [6.07, 6.45) is 5.61. The molecule has 0 heterocycles. The summed E-state index contributed by atoms with van der Waals surface area (Å²) in [6, 6.07) is 22.4. The second-order valence-corrected chi connectivity index (χ2v) is 12.7. The van der Waals surface area contributed by atoms with Crippen molar-refractivity contribution in [1.29, 1.82) is 0 Å². The highest BCUT2D eigenvalue weighted by molar-refractivity contribution is 7.92. The van der Waals surface area contributed by atoms with Gasteiger partial charge in [0.05, 0.1) is 10.6 Å². The van der Waals surface area contributed by atoms with Crippen LogP contribution in [0.25, 0.3) is 0 Å². The SMILES string of the molecule is CC[C@H](C(=O)NC1CCCCC1)N(Cc1ccccc1)C(=O)CN(c1ccc(C)c(C)c1)S(=O)(=O)c1ccccc1. The van der Waals surface area contributed by atoms with Gasteiger partial charge in [-0.15, -0.1) is 0 Å². The van der Waals surface area contributed by atoms with E-state index in [0.717, 1.165) is 42.4 Å². The fourth-order valence-corrected chi connectivity index (χ4v) is 6.80. The lowest BCUT2D eigenvalue weighted by molar-refractivity contribution is -0.140. The molecule has 7 nitrogen and oxygen atoms in total. The molecule has 41 heavy (non-hydrogen) atoms. The van der Waals surface area contributed by atoms with Gasteiger partial charge in [-0.25, -0.2) is 8.42 Å². The minimum atomic E-state index is -4.08. The van der Waals surface area contributed by atoms with Crippen molar-refractivity contribution in [2.24, 2.45) is 0 Å². The second kappa shape index (κ2) is 13.8. The van der Waals surface area contributed by atoms with Crippen molar-refractivity contribution in [3.8, 4) is 0 Å². The molecule has 1 aliphatic rings. The minimum Gasteiger partial charge on any atom is -0.352 e. The third-order valence-electron chi connectivity index (χ3n) is 7.92. The summed E-state index contributed by atoms with van der Waals surface area (Å²) < 4.78 is 29.1. The summed E-state index contributed by atoms with van der Waals surface area (Å²) in [5.41, 5.74) is 3.22. The molecule has 0 unspecified atom stereocenters. The number of anilines is 1. The molecule has 0 bridgehead atoms. The number of hydrogen-bond acceptors (Lipinski definition) is 4. The van der Waals surface area contributed by atoms with Gasteiger partial charge in [0, 0.05) is 12.6 Å². The van der Waals surface area contributed by atoms with Crippen LogP contribution in [0, 0.1) is 13.8 Å². The van der Waals surface area contributed by atoms with Gasteiger partial charge >= 0.3 is 0 Å². The van der Waals surface area contributed by atoms with Crippen molar-refractivity contribution in [1.82, 2.24) is 10.2 Å². The van der Waals surface area contributed by atoms with Gasteiger partial charge < -0.3 is 10.2 Å². The van der Waals surface area contributed by atoms with E-state index in [1.165, 1.54) is 22.9 Å². The van der Waals surface area contributed by atoms with Gasteiger partial charge in [-0.2, -0.15) is 0 Å². The van der Waals surface area contributed by atoms with E-state index in [-0.39, 0.29) is 23.4 Å². The zero-order valence-electron chi connectivity index (χ0n) is 24.3. The highest BCUT2D eigenvalue weighted by Gasteiger charge is 2.34. The maximum atomic E-state index is 14.2.